The maximum atomic E-state index is 13.1. The molecular weight excluding hydrogens is 208 g/mol. The Labute approximate surface area is 84.3 Å². The van der Waals surface area contributed by atoms with E-state index in [1.807, 2.05) is 0 Å². The number of hydrogen-bond acceptors (Lipinski definition) is 3. The number of carboxylic acids is 1. The molecule has 0 aliphatic heterocycles. The summed E-state index contributed by atoms with van der Waals surface area (Å²) in [5.74, 6) is -3.89. The molecule has 0 amide bonds. The molecular formula is C9H9F2NO3. The summed E-state index contributed by atoms with van der Waals surface area (Å²) in [6.07, 6.45) is 0. The molecule has 0 aromatic heterocycles. The van der Waals surface area contributed by atoms with Crippen LogP contribution in [0.2, 0.25) is 0 Å². The fraction of sp³-hybridized carbons (Fsp3) is 0.222. The van der Waals surface area contributed by atoms with Gasteiger partial charge in [0.05, 0.1) is 7.11 Å². The Morgan fingerprint density at radius 3 is 2.27 bits per heavy atom. The monoisotopic (exact) mass is 217 g/mol. The summed E-state index contributed by atoms with van der Waals surface area (Å²) < 4.78 is 30.7. The normalized spacial score (nSPS) is 12.3. The maximum absolute atomic E-state index is 13.1. The van der Waals surface area contributed by atoms with E-state index in [9.17, 15) is 13.6 Å². The number of aliphatic carboxylic acids is 1. The van der Waals surface area contributed by atoms with Crippen molar-refractivity contribution in [2.24, 2.45) is 5.73 Å². The van der Waals surface area contributed by atoms with Crippen molar-refractivity contribution in [3.8, 4) is 5.75 Å². The van der Waals surface area contributed by atoms with Gasteiger partial charge >= 0.3 is 5.97 Å². The molecule has 1 aromatic rings. The van der Waals surface area contributed by atoms with Gasteiger partial charge in [-0.2, -0.15) is 0 Å². The molecule has 1 atom stereocenters. The molecule has 0 fully saturated rings. The number of hydrogen-bond donors (Lipinski definition) is 2. The van der Waals surface area contributed by atoms with Gasteiger partial charge in [-0.25, -0.2) is 8.78 Å². The summed E-state index contributed by atoms with van der Waals surface area (Å²) >= 11 is 0. The van der Waals surface area contributed by atoms with Crippen molar-refractivity contribution in [2.75, 3.05) is 7.11 Å². The highest BCUT2D eigenvalue weighted by Gasteiger charge is 2.19. The number of methoxy groups -OCH3 is 1. The summed E-state index contributed by atoms with van der Waals surface area (Å²) in [5.41, 5.74) is 5.04. The molecule has 1 unspecified atom stereocenters. The van der Waals surface area contributed by atoms with Gasteiger partial charge in [-0.15, -0.1) is 0 Å². The van der Waals surface area contributed by atoms with Crippen LogP contribution in [0.1, 0.15) is 11.6 Å². The van der Waals surface area contributed by atoms with Gasteiger partial charge in [-0.05, 0) is 17.7 Å². The van der Waals surface area contributed by atoms with E-state index in [1.54, 1.807) is 0 Å². The summed E-state index contributed by atoms with van der Waals surface area (Å²) in [4.78, 5) is 10.5. The molecule has 1 aromatic carbocycles. The number of ether oxygens (including phenoxy) is 1. The Kier molecular flexibility index (Phi) is 3.21. The van der Waals surface area contributed by atoms with Crippen LogP contribution in [0.25, 0.3) is 0 Å². The average Bonchev–Trinajstić information content (AvgIpc) is 2.15. The molecule has 1 rings (SSSR count). The molecule has 0 aliphatic carbocycles. The Morgan fingerprint density at radius 2 is 1.93 bits per heavy atom. The molecule has 82 valence electrons. The van der Waals surface area contributed by atoms with Gasteiger partial charge in [-0.1, -0.05) is 0 Å². The molecule has 0 aliphatic rings. The zero-order valence-electron chi connectivity index (χ0n) is 7.83. The lowest BCUT2D eigenvalue weighted by Crippen LogP contribution is -2.21. The van der Waals surface area contributed by atoms with Crippen LogP contribution in [0.15, 0.2) is 12.1 Å². The lowest BCUT2D eigenvalue weighted by Gasteiger charge is -2.09. The SMILES string of the molecule is COc1c(F)cc(C(N)C(=O)O)cc1F. The van der Waals surface area contributed by atoms with Crippen molar-refractivity contribution < 1.29 is 23.4 Å². The second-order valence-corrected chi connectivity index (χ2v) is 2.83. The highest BCUT2D eigenvalue weighted by Crippen LogP contribution is 2.25. The summed E-state index contributed by atoms with van der Waals surface area (Å²) in [6, 6.07) is 0.210. The second kappa shape index (κ2) is 4.22. The van der Waals surface area contributed by atoms with Gasteiger partial charge in [0.2, 0.25) is 0 Å². The van der Waals surface area contributed by atoms with Crippen LogP contribution in [0, 0.1) is 11.6 Å². The number of nitrogens with two attached hydrogens (primary N) is 1. The van der Waals surface area contributed by atoms with E-state index >= 15 is 0 Å². The van der Waals surface area contributed by atoms with Crippen molar-refractivity contribution in [2.45, 2.75) is 6.04 Å². The van der Waals surface area contributed by atoms with E-state index < -0.39 is 29.4 Å². The first-order valence-corrected chi connectivity index (χ1v) is 3.98. The van der Waals surface area contributed by atoms with E-state index in [0.29, 0.717) is 0 Å². The predicted octanol–water partition coefficient (Wildman–Crippen LogP) is 1.06. The minimum absolute atomic E-state index is 0.154. The fourth-order valence-corrected chi connectivity index (χ4v) is 1.10. The van der Waals surface area contributed by atoms with Crippen LogP contribution in [-0.2, 0) is 4.79 Å². The second-order valence-electron chi connectivity index (χ2n) is 2.83. The van der Waals surface area contributed by atoms with E-state index in [4.69, 9.17) is 10.8 Å². The number of rotatable bonds is 3. The summed E-state index contributed by atoms with van der Waals surface area (Å²) in [5, 5.41) is 8.54. The topological polar surface area (TPSA) is 72.5 Å². The molecule has 4 nitrogen and oxygen atoms in total. The van der Waals surface area contributed by atoms with E-state index in [0.717, 1.165) is 19.2 Å². The van der Waals surface area contributed by atoms with Gasteiger partial charge in [0.1, 0.15) is 6.04 Å². The van der Waals surface area contributed by atoms with E-state index in [-0.39, 0.29) is 5.56 Å². The Morgan fingerprint density at radius 1 is 1.47 bits per heavy atom. The Balaban J connectivity index is 3.19. The Hall–Kier alpha value is -1.69. The number of halogens is 2. The zero-order chi connectivity index (χ0) is 11.6. The predicted molar refractivity (Wildman–Crippen MR) is 47.5 cm³/mol. The Bertz CT molecular complexity index is 372. The number of benzene rings is 1. The van der Waals surface area contributed by atoms with Crippen molar-refractivity contribution >= 4 is 5.97 Å². The number of carbonyl (C=O) groups is 1. The minimum atomic E-state index is -1.46. The maximum Gasteiger partial charge on any atom is 0.325 e. The smallest absolute Gasteiger partial charge is 0.325 e. The average molecular weight is 217 g/mol. The van der Waals surface area contributed by atoms with Crippen LogP contribution in [0.5, 0.6) is 5.75 Å². The molecule has 6 heteroatoms. The lowest BCUT2D eigenvalue weighted by molar-refractivity contribution is -0.138. The molecule has 0 bridgehead atoms. The van der Waals surface area contributed by atoms with E-state index in [1.165, 1.54) is 0 Å². The van der Waals surface area contributed by atoms with Gasteiger partial charge in [0.25, 0.3) is 0 Å². The van der Waals surface area contributed by atoms with Crippen LogP contribution >= 0.6 is 0 Å². The van der Waals surface area contributed by atoms with Crippen LogP contribution in [0.3, 0.4) is 0 Å². The highest BCUT2D eigenvalue weighted by atomic mass is 19.1. The third-order valence-corrected chi connectivity index (χ3v) is 1.85. The molecule has 15 heavy (non-hydrogen) atoms. The van der Waals surface area contributed by atoms with Gasteiger partial charge < -0.3 is 15.6 Å². The lowest BCUT2D eigenvalue weighted by atomic mass is 10.1. The van der Waals surface area contributed by atoms with Crippen molar-refractivity contribution in [3.05, 3.63) is 29.3 Å². The first-order valence-electron chi connectivity index (χ1n) is 3.98. The first kappa shape index (κ1) is 11.4. The molecule has 0 heterocycles. The molecule has 0 saturated heterocycles. The minimum Gasteiger partial charge on any atom is -0.491 e. The van der Waals surface area contributed by atoms with Crippen LogP contribution < -0.4 is 10.5 Å². The third kappa shape index (κ3) is 2.21. The summed E-state index contributed by atoms with van der Waals surface area (Å²) in [7, 11) is 1.11. The van der Waals surface area contributed by atoms with Crippen LogP contribution in [0.4, 0.5) is 8.78 Å². The first-order chi connectivity index (χ1) is 6.97. The zero-order valence-corrected chi connectivity index (χ0v) is 7.83. The number of carboxylic acid groups (broad SMARTS) is 1. The van der Waals surface area contributed by atoms with Crippen molar-refractivity contribution in [3.63, 3.8) is 0 Å². The fourth-order valence-electron chi connectivity index (χ4n) is 1.10. The largest absolute Gasteiger partial charge is 0.491 e. The van der Waals surface area contributed by atoms with Crippen molar-refractivity contribution in [1.82, 2.24) is 0 Å². The van der Waals surface area contributed by atoms with Crippen molar-refractivity contribution in [1.29, 1.82) is 0 Å². The summed E-state index contributed by atoms with van der Waals surface area (Å²) in [6.45, 7) is 0. The van der Waals surface area contributed by atoms with E-state index in [2.05, 4.69) is 4.74 Å². The molecule has 0 saturated carbocycles. The molecule has 0 radical (unpaired) electrons. The quantitative estimate of drug-likeness (QED) is 0.793. The standard InChI is InChI=1S/C9H9F2NO3/c1-15-8-5(10)2-4(3-6(8)11)7(12)9(13)14/h2-3,7H,12H2,1H3,(H,13,14). The molecule has 0 spiro atoms. The molecule has 3 N–H and O–H groups in total. The highest BCUT2D eigenvalue weighted by molar-refractivity contribution is 5.75. The van der Waals surface area contributed by atoms with Crippen LogP contribution in [-0.4, -0.2) is 18.2 Å². The van der Waals surface area contributed by atoms with Gasteiger partial charge in [-0.3, -0.25) is 4.79 Å². The van der Waals surface area contributed by atoms with Gasteiger partial charge in [0.15, 0.2) is 17.4 Å². The third-order valence-electron chi connectivity index (χ3n) is 1.85. The van der Waals surface area contributed by atoms with Gasteiger partial charge in [0, 0.05) is 0 Å².